The molecule has 0 radical (unpaired) electrons. The van der Waals surface area contributed by atoms with Crippen LogP contribution in [0.3, 0.4) is 0 Å². The van der Waals surface area contributed by atoms with Crippen molar-refractivity contribution in [2.75, 3.05) is 11.9 Å². The first-order valence-electron chi connectivity index (χ1n) is 7.76. The monoisotopic (exact) mass is 320 g/mol. The predicted molar refractivity (Wildman–Crippen MR) is 88.7 cm³/mol. The number of benzene rings is 1. The number of anilines is 1. The highest BCUT2D eigenvalue weighted by Crippen LogP contribution is 2.21. The van der Waals surface area contributed by atoms with E-state index in [2.05, 4.69) is 10.6 Å². The maximum absolute atomic E-state index is 11.9. The first kappa shape index (κ1) is 18.7. The van der Waals surface area contributed by atoms with Crippen molar-refractivity contribution in [2.45, 2.75) is 46.5 Å². The molecule has 3 N–H and O–H groups in total. The fourth-order valence-corrected chi connectivity index (χ4v) is 2.19. The lowest BCUT2D eigenvalue weighted by atomic mass is 10.0. The smallest absolute Gasteiger partial charge is 0.336 e. The molecule has 0 aliphatic rings. The molecule has 0 aliphatic carbocycles. The Labute approximate surface area is 136 Å². The van der Waals surface area contributed by atoms with Gasteiger partial charge in [0, 0.05) is 25.1 Å². The second-order valence-corrected chi connectivity index (χ2v) is 5.54. The van der Waals surface area contributed by atoms with Gasteiger partial charge in [-0.1, -0.05) is 13.0 Å². The molecule has 0 fully saturated rings. The maximum Gasteiger partial charge on any atom is 0.336 e. The van der Waals surface area contributed by atoms with E-state index < -0.39 is 5.97 Å². The quantitative estimate of drug-likeness (QED) is 0.686. The van der Waals surface area contributed by atoms with Crippen LogP contribution in [0.1, 0.15) is 54.1 Å². The standard InChI is InChI=1S/C17H24N2O4/c1-4-8-18-15(20)6-5-7-16(21)19-14-10-13(17(22)23)11(2)9-12(14)3/h9-10H,4-8H2,1-3H3,(H,18,20)(H,19,21)(H,22,23). The summed E-state index contributed by atoms with van der Waals surface area (Å²) in [5.74, 6) is -1.30. The fraction of sp³-hybridized carbons (Fsp3) is 0.471. The highest BCUT2D eigenvalue weighted by molar-refractivity contribution is 5.95. The molecule has 126 valence electrons. The van der Waals surface area contributed by atoms with E-state index >= 15 is 0 Å². The molecule has 2 amide bonds. The highest BCUT2D eigenvalue weighted by atomic mass is 16.4. The van der Waals surface area contributed by atoms with Gasteiger partial charge in [0.1, 0.15) is 0 Å². The van der Waals surface area contributed by atoms with Gasteiger partial charge in [-0.05, 0) is 43.9 Å². The van der Waals surface area contributed by atoms with Crippen molar-refractivity contribution in [1.29, 1.82) is 0 Å². The summed E-state index contributed by atoms with van der Waals surface area (Å²) >= 11 is 0. The number of carboxylic acids is 1. The normalized spacial score (nSPS) is 10.2. The third-order valence-corrected chi connectivity index (χ3v) is 3.46. The van der Waals surface area contributed by atoms with Gasteiger partial charge in [-0.2, -0.15) is 0 Å². The van der Waals surface area contributed by atoms with Gasteiger partial charge in [0.2, 0.25) is 11.8 Å². The van der Waals surface area contributed by atoms with Crippen LogP contribution in [0, 0.1) is 13.8 Å². The Balaban J connectivity index is 2.56. The van der Waals surface area contributed by atoms with Crippen LogP contribution in [-0.2, 0) is 9.59 Å². The van der Waals surface area contributed by atoms with Crippen LogP contribution >= 0.6 is 0 Å². The molecule has 0 saturated heterocycles. The third-order valence-electron chi connectivity index (χ3n) is 3.46. The zero-order chi connectivity index (χ0) is 17.4. The Morgan fingerprint density at radius 1 is 1.04 bits per heavy atom. The molecule has 23 heavy (non-hydrogen) atoms. The summed E-state index contributed by atoms with van der Waals surface area (Å²) in [6.45, 7) is 6.15. The Bertz CT molecular complexity index is 597. The lowest BCUT2D eigenvalue weighted by Crippen LogP contribution is -2.24. The van der Waals surface area contributed by atoms with E-state index in [4.69, 9.17) is 5.11 Å². The number of carboxylic acid groups (broad SMARTS) is 1. The number of carbonyl (C=O) groups excluding carboxylic acids is 2. The maximum atomic E-state index is 11.9. The molecule has 0 bridgehead atoms. The number of rotatable bonds is 8. The molecular weight excluding hydrogens is 296 g/mol. The van der Waals surface area contributed by atoms with Crippen LogP contribution in [0.15, 0.2) is 12.1 Å². The summed E-state index contributed by atoms with van der Waals surface area (Å²) in [5.41, 5.74) is 2.13. The zero-order valence-corrected chi connectivity index (χ0v) is 13.9. The van der Waals surface area contributed by atoms with E-state index in [1.165, 1.54) is 6.07 Å². The fourth-order valence-electron chi connectivity index (χ4n) is 2.19. The molecule has 0 aliphatic heterocycles. The molecular formula is C17H24N2O4. The minimum atomic E-state index is -1.02. The van der Waals surface area contributed by atoms with Gasteiger partial charge in [0.25, 0.3) is 0 Å². The SMILES string of the molecule is CCCNC(=O)CCCC(=O)Nc1cc(C(=O)O)c(C)cc1C. The number of carbonyl (C=O) groups is 3. The van der Waals surface area contributed by atoms with Crippen molar-refractivity contribution in [3.63, 3.8) is 0 Å². The number of hydrogen-bond acceptors (Lipinski definition) is 3. The van der Waals surface area contributed by atoms with Crippen molar-refractivity contribution in [1.82, 2.24) is 5.32 Å². The molecule has 6 heteroatoms. The van der Waals surface area contributed by atoms with Crippen LogP contribution in [0.25, 0.3) is 0 Å². The van der Waals surface area contributed by atoms with E-state index in [1.807, 2.05) is 13.8 Å². The predicted octanol–water partition coefficient (Wildman–Crippen LogP) is 2.64. The van der Waals surface area contributed by atoms with E-state index in [0.717, 1.165) is 12.0 Å². The Kier molecular flexibility index (Phi) is 7.25. The first-order chi connectivity index (χ1) is 10.8. The molecule has 0 spiro atoms. The summed E-state index contributed by atoms with van der Waals surface area (Å²) < 4.78 is 0. The zero-order valence-electron chi connectivity index (χ0n) is 13.9. The summed E-state index contributed by atoms with van der Waals surface area (Å²) in [7, 11) is 0. The van der Waals surface area contributed by atoms with Crippen molar-refractivity contribution in [3.8, 4) is 0 Å². The summed E-state index contributed by atoms with van der Waals surface area (Å²) in [6.07, 6.45) is 1.86. The van der Waals surface area contributed by atoms with Crippen molar-refractivity contribution in [3.05, 3.63) is 28.8 Å². The van der Waals surface area contributed by atoms with E-state index in [-0.39, 0.29) is 23.8 Å². The molecule has 1 aromatic rings. The molecule has 1 aromatic carbocycles. The summed E-state index contributed by atoms with van der Waals surface area (Å²) in [5, 5.41) is 14.6. The lowest BCUT2D eigenvalue weighted by Gasteiger charge is -2.11. The Morgan fingerprint density at radius 3 is 2.30 bits per heavy atom. The minimum absolute atomic E-state index is 0.0562. The number of aromatic carboxylic acids is 1. The molecule has 0 unspecified atom stereocenters. The molecule has 0 aromatic heterocycles. The second kappa shape index (κ2) is 8.92. The van der Waals surface area contributed by atoms with Crippen LogP contribution in [0.2, 0.25) is 0 Å². The highest BCUT2D eigenvalue weighted by Gasteiger charge is 2.12. The average molecular weight is 320 g/mol. The van der Waals surface area contributed by atoms with Crippen molar-refractivity contribution in [2.24, 2.45) is 0 Å². The number of amides is 2. The van der Waals surface area contributed by atoms with E-state index in [0.29, 0.717) is 30.6 Å². The molecule has 6 nitrogen and oxygen atoms in total. The van der Waals surface area contributed by atoms with E-state index in [1.54, 1.807) is 13.0 Å². The first-order valence-corrected chi connectivity index (χ1v) is 7.76. The van der Waals surface area contributed by atoms with Gasteiger partial charge in [0.15, 0.2) is 0 Å². The largest absolute Gasteiger partial charge is 0.478 e. The Hall–Kier alpha value is -2.37. The van der Waals surface area contributed by atoms with Crippen LogP contribution in [-0.4, -0.2) is 29.4 Å². The lowest BCUT2D eigenvalue weighted by molar-refractivity contribution is -0.121. The van der Waals surface area contributed by atoms with Gasteiger partial charge in [-0.25, -0.2) is 4.79 Å². The minimum Gasteiger partial charge on any atom is -0.478 e. The van der Waals surface area contributed by atoms with Gasteiger partial charge in [-0.15, -0.1) is 0 Å². The van der Waals surface area contributed by atoms with Crippen molar-refractivity contribution < 1.29 is 19.5 Å². The van der Waals surface area contributed by atoms with Gasteiger partial charge in [0.05, 0.1) is 5.56 Å². The van der Waals surface area contributed by atoms with Gasteiger partial charge >= 0.3 is 5.97 Å². The average Bonchev–Trinajstić information content (AvgIpc) is 2.47. The van der Waals surface area contributed by atoms with E-state index in [9.17, 15) is 14.4 Å². The molecule has 0 saturated carbocycles. The van der Waals surface area contributed by atoms with Crippen molar-refractivity contribution >= 4 is 23.5 Å². The van der Waals surface area contributed by atoms with Crippen LogP contribution < -0.4 is 10.6 Å². The van der Waals surface area contributed by atoms with Crippen LogP contribution in [0.4, 0.5) is 5.69 Å². The van der Waals surface area contributed by atoms with Gasteiger partial charge < -0.3 is 15.7 Å². The topological polar surface area (TPSA) is 95.5 Å². The molecule has 0 heterocycles. The second-order valence-electron chi connectivity index (χ2n) is 5.54. The van der Waals surface area contributed by atoms with Crippen LogP contribution in [0.5, 0.6) is 0 Å². The molecule has 0 atom stereocenters. The number of nitrogens with one attached hydrogen (secondary N) is 2. The summed E-state index contributed by atoms with van der Waals surface area (Å²) in [6, 6.07) is 3.20. The number of aryl methyl sites for hydroxylation is 2. The van der Waals surface area contributed by atoms with Gasteiger partial charge in [-0.3, -0.25) is 9.59 Å². The molecule has 1 rings (SSSR count). The Morgan fingerprint density at radius 2 is 1.70 bits per heavy atom. The third kappa shape index (κ3) is 6.10. The number of hydrogen-bond donors (Lipinski definition) is 3. The summed E-state index contributed by atoms with van der Waals surface area (Å²) in [4.78, 5) is 34.5.